The predicted molar refractivity (Wildman–Crippen MR) is 135 cm³/mol. The van der Waals surface area contributed by atoms with E-state index in [1.807, 2.05) is 4.90 Å². The van der Waals surface area contributed by atoms with E-state index in [9.17, 15) is 14.0 Å². The Balaban J connectivity index is 1.17. The molecule has 0 bridgehead atoms. The summed E-state index contributed by atoms with van der Waals surface area (Å²) < 4.78 is 13.9. The molecular formula is C26H30FN5O2S. The number of rotatable bonds is 3. The zero-order chi connectivity index (χ0) is 24.7. The average Bonchev–Trinajstić information content (AvgIpc) is 3.18. The fraction of sp³-hybridized carbons (Fsp3) is 0.462. The molecule has 1 aromatic carbocycles. The molecule has 35 heavy (non-hydrogen) atoms. The Morgan fingerprint density at radius 2 is 1.66 bits per heavy atom. The Bertz CT molecular complexity index is 1280. The van der Waals surface area contributed by atoms with Crippen LogP contribution in [0.2, 0.25) is 0 Å². The molecule has 0 spiro atoms. The van der Waals surface area contributed by atoms with Crippen molar-refractivity contribution in [2.75, 3.05) is 44.2 Å². The molecule has 2 saturated heterocycles. The lowest BCUT2D eigenvalue weighted by Crippen LogP contribution is -2.53. The van der Waals surface area contributed by atoms with Gasteiger partial charge in [-0.15, -0.1) is 11.3 Å². The van der Waals surface area contributed by atoms with Gasteiger partial charge in [-0.25, -0.2) is 14.4 Å². The predicted octanol–water partition coefficient (Wildman–Crippen LogP) is 3.96. The van der Waals surface area contributed by atoms with Gasteiger partial charge in [0.15, 0.2) is 0 Å². The van der Waals surface area contributed by atoms with Gasteiger partial charge in [-0.1, -0.05) is 6.07 Å². The van der Waals surface area contributed by atoms with Crippen LogP contribution in [0.4, 0.5) is 10.2 Å². The van der Waals surface area contributed by atoms with Crippen LogP contribution in [0.15, 0.2) is 24.5 Å². The van der Waals surface area contributed by atoms with Crippen molar-refractivity contribution in [3.63, 3.8) is 0 Å². The topological polar surface area (TPSA) is 69.6 Å². The summed E-state index contributed by atoms with van der Waals surface area (Å²) >= 11 is 1.70. The van der Waals surface area contributed by atoms with E-state index in [-0.39, 0.29) is 23.5 Å². The van der Waals surface area contributed by atoms with Crippen LogP contribution in [0.1, 0.15) is 39.2 Å². The zero-order valence-corrected chi connectivity index (χ0v) is 21.2. The van der Waals surface area contributed by atoms with Gasteiger partial charge in [-0.3, -0.25) is 9.59 Å². The van der Waals surface area contributed by atoms with Crippen molar-refractivity contribution in [2.24, 2.45) is 5.92 Å². The number of aryl methyl sites for hydroxylation is 3. The molecule has 2 aliphatic rings. The first-order valence-electron chi connectivity index (χ1n) is 12.1. The third-order valence-corrected chi connectivity index (χ3v) is 8.50. The third-order valence-electron chi connectivity index (χ3n) is 7.39. The summed E-state index contributed by atoms with van der Waals surface area (Å²) in [5, 5.41) is 1.13. The van der Waals surface area contributed by atoms with E-state index < -0.39 is 0 Å². The molecule has 2 aromatic heterocycles. The standard InChI is InChI=1S/C26H30FN5O2S/c1-16-4-5-20(14-21(16)27)26(34)32-12-10-31(11-13-32)25(33)19-6-8-30(9-7-19)23-22-17(2)18(3)35-24(22)29-15-28-23/h4-5,14-15,19H,6-13H2,1-3H3. The minimum atomic E-state index is -0.372. The molecule has 2 fully saturated rings. The molecule has 9 heteroatoms. The van der Waals surface area contributed by atoms with Gasteiger partial charge in [0.25, 0.3) is 5.91 Å². The van der Waals surface area contributed by atoms with Crippen LogP contribution in [0, 0.1) is 32.5 Å². The number of piperidine rings is 1. The second-order valence-electron chi connectivity index (χ2n) is 9.50. The molecule has 184 valence electrons. The summed E-state index contributed by atoms with van der Waals surface area (Å²) in [6, 6.07) is 4.59. The maximum atomic E-state index is 13.9. The Morgan fingerprint density at radius 1 is 0.971 bits per heavy atom. The number of thiophene rings is 1. The summed E-state index contributed by atoms with van der Waals surface area (Å²) in [7, 11) is 0. The van der Waals surface area contributed by atoms with Gasteiger partial charge >= 0.3 is 0 Å². The van der Waals surface area contributed by atoms with E-state index in [2.05, 4.69) is 28.7 Å². The average molecular weight is 496 g/mol. The number of hydrogen-bond acceptors (Lipinski definition) is 6. The van der Waals surface area contributed by atoms with Gasteiger partial charge in [-0.05, 0) is 56.9 Å². The van der Waals surface area contributed by atoms with E-state index >= 15 is 0 Å². The van der Waals surface area contributed by atoms with Crippen molar-refractivity contribution in [2.45, 2.75) is 33.6 Å². The number of fused-ring (bicyclic) bond motifs is 1. The summed E-state index contributed by atoms with van der Waals surface area (Å²) in [5.74, 6) is 0.584. The first-order valence-corrected chi connectivity index (χ1v) is 12.9. The van der Waals surface area contributed by atoms with Gasteiger partial charge in [0.05, 0.1) is 5.39 Å². The number of nitrogens with zero attached hydrogens (tertiary/aromatic N) is 5. The van der Waals surface area contributed by atoms with Crippen molar-refractivity contribution in [3.8, 4) is 0 Å². The molecule has 4 heterocycles. The number of carbonyl (C=O) groups is 2. The Kier molecular flexibility index (Phi) is 6.44. The number of aromatic nitrogens is 2. The molecule has 0 N–H and O–H groups in total. The second-order valence-corrected chi connectivity index (χ2v) is 10.7. The number of anilines is 1. The zero-order valence-electron chi connectivity index (χ0n) is 20.4. The Labute approximate surface area is 208 Å². The third kappa shape index (κ3) is 4.49. The molecule has 2 aliphatic heterocycles. The molecular weight excluding hydrogens is 465 g/mol. The van der Waals surface area contributed by atoms with Gasteiger partial charge in [0.2, 0.25) is 5.91 Å². The van der Waals surface area contributed by atoms with E-state index in [4.69, 9.17) is 0 Å². The second kappa shape index (κ2) is 9.53. The smallest absolute Gasteiger partial charge is 0.254 e. The molecule has 0 unspecified atom stereocenters. The highest BCUT2D eigenvalue weighted by atomic mass is 32.1. The lowest BCUT2D eigenvalue weighted by molar-refractivity contribution is -0.137. The fourth-order valence-electron chi connectivity index (χ4n) is 5.04. The monoisotopic (exact) mass is 495 g/mol. The van der Waals surface area contributed by atoms with Gasteiger partial charge in [-0.2, -0.15) is 0 Å². The van der Waals surface area contributed by atoms with E-state index in [1.54, 1.807) is 41.6 Å². The number of amides is 2. The quantitative estimate of drug-likeness (QED) is 0.550. The fourth-order valence-corrected chi connectivity index (χ4v) is 6.03. The summed E-state index contributed by atoms with van der Waals surface area (Å²) in [6.07, 6.45) is 3.21. The van der Waals surface area contributed by atoms with E-state index in [0.717, 1.165) is 42.0 Å². The van der Waals surface area contributed by atoms with Crippen LogP contribution in [0.3, 0.4) is 0 Å². The highest BCUT2D eigenvalue weighted by molar-refractivity contribution is 7.18. The van der Waals surface area contributed by atoms with Crippen molar-refractivity contribution >= 4 is 39.2 Å². The lowest BCUT2D eigenvalue weighted by Gasteiger charge is -2.39. The highest BCUT2D eigenvalue weighted by Crippen LogP contribution is 2.35. The Morgan fingerprint density at radius 3 is 2.34 bits per heavy atom. The first kappa shape index (κ1) is 23.7. The minimum Gasteiger partial charge on any atom is -0.356 e. The molecule has 5 rings (SSSR count). The number of hydrogen-bond donors (Lipinski definition) is 0. The van der Waals surface area contributed by atoms with E-state index in [0.29, 0.717) is 37.3 Å². The molecule has 0 radical (unpaired) electrons. The first-order chi connectivity index (χ1) is 16.8. The summed E-state index contributed by atoms with van der Waals surface area (Å²) in [4.78, 5) is 43.2. The van der Waals surface area contributed by atoms with Crippen LogP contribution in [-0.4, -0.2) is 70.9 Å². The lowest BCUT2D eigenvalue weighted by atomic mass is 9.94. The minimum absolute atomic E-state index is 0.0117. The SMILES string of the molecule is Cc1ccc(C(=O)N2CCN(C(=O)C3CCN(c4ncnc5sc(C)c(C)c45)CC3)CC2)cc1F. The summed E-state index contributed by atoms with van der Waals surface area (Å²) in [6.45, 7) is 9.44. The highest BCUT2D eigenvalue weighted by Gasteiger charge is 2.32. The number of halogens is 1. The molecule has 0 atom stereocenters. The van der Waals surface area contributed by atoms with Crippen molar-refractivity contribution in [3.05, 3.63) is 51.9 Å². The molecule has 2 amide bonds. The van der Waals surface area contributed by atoms with Crippen LogP contribution in [0.25, 0.3) is 10.2 Å². The van der Waals surface area contributed by atoms with Crippen molar-refractivity contribution in [1.29, 1.82) is 0 Å². The summed E-state index contributed by atoms with van der Waals surface area (Å²) in [5.41, 5.74) is 2.11. The maximum absolute atomic E-state index is 13.9. The van der Waals surface area contributed by atoms with Crippen LogP contribution < -0.4 is 4.90 Å². The number of benzene rings is 1. The van der Waals surface area contributed by atoms with E-state index in [1.165, 1.54) is 16.5 Å². The number of piperazine rings is 1. The van der Waals surface area contributed by atoms with Crippen LogP contribution in [0.5, 0.6) is 0 Å². The molecule has 0 aliphatic carbocycles. The molecule has 7 nitrogen and oxygen atoms in total. The van der Waals surface area contributed by atoms with Gasteiger partial charge < -0.3 is 14.7 Å². The molecule has 0 saturated carbocycles. The maximum Gasteiger partial charge on any atom is 0.254 e. The van der Waals surface area contributed by atoms with Crippen LogP contribution >= 0.6 is 11.3 Å². The normalized spacial score (nSPS) is 17.3. The van der Waals surface area contributed by atoms with Crippen molar-refractivity contribution < 1.29 is 14.0 Å². The van der Waals surface area contributed by atoms with Gasteiger partial charge in [0, 0.05) is 55.6 Å². The number of carbonyl (C=O) groups excluding carboxylic acids is 2. The van der Waals surface area contributed by atoms with Crippen LogP contribution in [-0.2, 0) is 4.79 Å². The largest absolute Gasteiger partial charge is 0.356 e. The molecule has 3 aromatic rings. The van der Waals surface area contributed by atoms with Gasteiger partial charge in [0.1, 0.15) is 22.8 Å². The van der Waals surface area contributed by atoms with Crippen molar-refractivity contribution in [1.82, 2.24) is 19.8 Å². The Hall–Kier alpha value is -3.07.